The molecular weight excluding hydrogens is 317 g/mol. The maximum absolute atomic E-state index is 14.1. The van der Waals surface area contributed by atoms with E-state index in [-0.39, 0.29) is 17.7 Å². The van der Waals surface area contributed by atoms with Crippen LogP contribution in [0.5, 0.6) is 0 Å². The fraction of sp³-hybridized carbons (Fsp3) is 0.350. The predicted octanol–water partition coefficient (Wildman–Crippen LogP) is 3.43. The van der Waals surface area contributed by atoms with Gasteiger partial charge in [-0.25, -0.2) is 9.37 Å². The lowest BCUT2D eigenvalue weighted by Gasteiger charge is -2.44. The molecule has 5 heteroatoms. The molecule has 3 heterocycles. The third kappa shape index (κ3) is 2.46. The molecule has 4 nitrogen and oxygen atoms in total. The number of H-pyrrole nitrogens is 1. The van der Waals surface area contributed by atoms with E-state index in [0.717, 1.165) is 29.8 Å². The summed E-state index contributed by atoms with van der Waals surface area (Å²) in [6, 6.07) is 9.65. The predicted molar refractivity (Wildman–Crippen MR) is 96.6 cm³/mol. The molecule has 0 aliphatic carbocycles. The molecule has 0 amide bonds. The van der Waals surface area contributed by atoms with E-state index in [1.807, 2.05) is 30.3 Å². The fourth-order valence-electron chi connectivity index (χ4n) is 4.06. The van der Waals surface area contributed by atoms with E-state index in [2.05, 4.69) is 29.1 Å². The molecule has 3 aromatic rings. The molecule has 130 valence electrons. The summed E-state index contributed by atoms with van der Waals surface area (Å²) in [4.78, 5) is 7.01. The Morgan fingerprint density at radius 3 is 2.48 bits per heavy atom. The standard InChI is InChI=1S/C20H22FN3O/c1-12-9-22-10-13(2)20(12,25)15-5-3-14(4-6-15)16-7-8-23-19-18(16)17(21)11-24-19/h3-8,11-13,22,25H,9-10H2,1-2H3,(H,23,24)/t12-,13+,20?. The maximum Gasteiger partial charge on any atom is 0.150 e. The number of benzene rings is 1. The van der Waals surface area contributed by atoms with Crippen LogP contribution in [-0.2, 0) is 5.60 Å². The van der Waals surface area contributed by atoms with Gasteiger partial charge in [0.1, 0.15) is 5.65 Å². The van der Waals surface area contributed by atoms with Gasteiger partial charge in [-0.15, -0.1) is 0 Å². The van der Waals surface area contributed by atoms with Crippen LogP contribution in [0.25, 0.3) is 22.2 Å². The molecule has 1 saturated heterocycles. The lowest BCUT2D eigenvalue weighted by atomic mass is 9.71. The third-order valence-corrected chi connectivity index (χ3v) is 5.59. The number of nitrogens with one attached hydrogen (secondary N) is 2. The van der Waals surface area contributed by atoms with Gasteiger partial charge >= 0.3 is 0 Å². The Kier molecular flexibility index (Phi) is 3.85. The summed E-state index contributed by atoms with van der Waals surface area (Å²) in [6.07, 6.45) is 3.00. The number of hydrogen-bond acceptors (Lipinski definition) is 3. The molecule has 4 rings (SSSR count). The number of hydrogen-bond donors (Lipinski definition) is 3. The van der Waals surface area contributed by atoms with Gasteiger partial charge in [0.2, 0.25) is 0 Å². The van der Waals surface area contributed by atoms with Crippen molar-refractivity contribution in [3.8, 4) is 11.1 Å². The Morgan fingerprint density at radius 1 is 1.12 bits per heavy atom. The maximum atomic E-state index is 14.1. The van der Waals surface area contributed by atoms with Crippen molar-refractivity contribution in [1.82, 2.24) is 15.3 Å². The van der Waals surface area contributed by atoms with Gasteiger partial charge in [-0.05, 0) is 22.8 Å². The van der Waals surface area contributed by atoms with Crippen LogP contribution in [0.4, 0.5) is 4.39 Å². The smallest absolute Gasteiger partial charge is 0.150 e. The molecule has 0 spiro atoms. The lowest BCUT2D eigenvalue weighted by Crippen LogP contribution is -2.52. The number of nitrogens with zero attached hydrogens (tertiary/aromatic N) is 1. The number of rotatable bonds is 2. The number of aromatic nitrogens is 2. The summed E-state index contributed by atoms with van der Waals surface area (Å²) in [5, 5.41) is 15.2. The van der Waals surface area contributed by atoms with Gasteiger partial charge in [0.05, 0.1) is 11.0 Å². The van der Waals surface area contributed by atoms with E-state index in [1.54, 1.807) is 6.20 Å². The molecule has 3 N–H and O–H groups in total. The number of fused-ring (bicyclic) bond motifs is 1. The van der Waals surface area contributed by atoms with Gasteiger partial charge in [-0.2, -0.15) is 0 Å². The second kappa shape index (κ2) is 5.93. The quantitative estimate of drug-likeness (QED) is 0.670. The first kappa shape index (κ1) is 16.2. The van der Waals surface area contributed by atoms with Crippen LogP contribution >= 0.6 is 0 Å². The van der Waals surface area contributed by atoms with E-state index < -0.39 is 5.60 Å². The summed E-state index contributed by atoms with van der Waals surface area (Å²) in [5.74, 6) is -0.0601. The van der Waals surface area contributed by atoms with Crippen molar-refractivity contribution in [3.05, 3.63) is 54.1 Å². The van der Waals surface area contributed by atoms with E-state index in [0.29, 0.717) is 11.0 Å². The van der Waals surface area contributed by atoms with Crippen molar-refractivity contribution in [1.29, 1.82) is 0 Å². The largest absolute Gasteiger partial charge is 0.385 e. The summed E-state index contributed by atoms with van der Waals surface area (Å²) in [6.45, 7) is 5.72. The van der Waals surface area contributed by atoms with Crippen LogP contribution in [0.1, 0.15) is 19.4 Å². The first-order valence-electron chi connectivity index (χ1n) is 8.67. The van der Waals surface area contributed by atoms with Gasteiger partial charge in [0.25, 0.3) is 0 Å². The summed E-state index contributed by atoms with van der Waals surface area (Å²) in [5.41, 5.74) is 2.31. The van der Waals surface area contributed by atoms with Crippen molar-refractivity contribution >= 4 is 11.0 Å². The number of aromatic amines is 1. The van der Waals surface area contributed by atoms with Crippen molar-refractivity contribution in [3.63, 3.8) is 0 Å². The van der Waals surface area contributed by atoms with Gasteiger partial charge < -0.3 is 15.4 Å². The van der Waals surface area contributed by atoms with E-state index in [1.165, 1.54) is 6.20 Å². The molecular formula is C20H22FN3O. The topological polar surface area (TPSA) is 60.9 Å². The monoisotopic (exact) mass is 339 g/mol. The van der Waals surface area contributed by atoms with Crippen molar-refractivity contribution in [2.45, 2.75) is 19.4 Å². The summed E-state index contributed by atoms with van der Waals surface area (Å²) < 4.78 is 14.1. The van der Waals surface area contributed by atoms with Gasteiger partial charge in [0.15, 0.2) is 5.82 Å². The number of halogens is 1. The molecule has 0 bridgehead atoms. The van der Waals surface area contributed by atoms with Crippen LogP contribution < -0.4 is 5.32 Å². The molecule has 0 radical (unpaired) electrons. The zero-order valence-electron chi connectivity index (χ0n) is 14.4. The lowest BCUT2D eigenvalue weighted by molar-refractivity contribution is -0.0806. The average Bonchev–Trinajstić information content (AvgIpc) is 3.01. The Bertz CT molecular complexity index is 893. The molecule has 1 aromatic carbocycles. The van der Waals surface area contributed by atoms with Crippen LogP contribution in [-0.4, -0.2) is 28.2 Å². The van der Waals surface area contributed by atoms with Crippen LogP contribution in [0.3, 0.4) is 0 Å². The fourth-order valence-corrected chi connectivity index (χ4v) is 4.06. The minimum absolute atomic E-state index is 0.122. The number of piperidine rings is 1. The normalized spacial score (nSPS) is 26.9. The minimum atomic E-state index is -0.851. The van der Waals surface area contributed by atoms with Gasteiger partial charge in [-0.1, -0.05) is 38.1 Å². The van der Waals surface area contributed by atoms with Crippen molar-refractivity contribution < 1.29 is 9.50 Å². The minimum Gasteiger partial charge on any atom is -0.385 e. The molecule has 0 saturated carbocycles. The summed E-state index contributed by atoms with van der Waals surface area (Å²) >= 11 is 0. The second-order valence-electron chi connectivity index (χ2n) is 7.08. The molecule has 1 aliphatic heterocycles. The highest BCUT2D eigenvalue weighted by Gasteiger charge is 2.43. The molecule has 1 unspecified atom stereocenters. The Labute approximate surface area is 146 Å². The van der Waals surface area contributed by atoms with E-state index >= 15 is 0 Å². The highest BCUT2D eigenvalue weighted by molar-refractivity contribution is 5.93. The summed E-state index contributed by atoms with van der Waals surface area (Å²) in [7, 11) is 0. The van der Waals surface area contributed by atoms with Crippen molar-refractivity contribution in [2.24, 2.45) is 11.8 Å². The average molecular weight is 339 g/mol. The van der Waals surface area contributed by atoms with Gasteiger partial charge in [0, 0.05) is 37.3 Å². The zero-order valence-corrected chi connectivity index (χ0v) is 14.4. The SMILES string of the molecule is C[C@@H]1CNC[C@H](C)C1(O)c1ccc(-c2ccnc3[nH]cc(F)c23)cc1. The Hall–Kier alpha value is -2.24. The first-order chi connectivity index (χ1) is 12.0. The van der Waals surface area contributed by atoms with Crippen LogP contribution in [0.2, 0.25) is 0 Å². The van der Waals surface area contributed by atoms with Crippen LogP contribution in [0, 0.1) is 17.7 Å². The van der Waals surface area contributed by atoms with E-state index in [9.17, 15) is 9.50 Å². The zero-order chi connectivity index (χ0) is 17.6. The molecule has 1 aliphatic rings. The van der Waals surface area contributed by atoms with Crippen LogP contribution in [0.15, 0.2) is 42.7 Å². The third-order valence-electron chi connectivity index (χ3n) is 5.59. The molecule has 3 atom stereocenters. The van der Waals surface area contributed by atoms with Gasteiger partial charge in [-0.3, -0.25) is 0 Å². The Morgan fingerprint density at radius 2 is 1.80 bits per heavy atom. The second-order valence-corrected chi connectivity index (χ2v) is 7.08. The van der Waals surface area contributed by atoms with Crippen molar-refractivity contribution in [2.75, 3.05) is 13.1 Å². The number of aliphatic hydroxyl groups is 1. The molecule has 25 heavy (non-hydrogen) atoms. The molecule has 2 aromatic heterocycles. The first-order valence-corrected chi connectivity index (χ1v) is 8.67. The van der Waals surface area contributed by atoms with E-state index in [4.69, 9.17) is 0 Å². The highest BCUT2D eigenvalue weighted by atomic mass is 19.1. The molecule has 1 fully saturated rings. The Balaban J connectivity index is 1.76. The number of pyridine rings is 1. The highest BCUT2D eigenvalue weighted by Crippen LogP contribution is 2.40.